The van der Waals surface area contributed by atoms with E-state index in [1.54, 1.807) is 18.2 Å². The highest BCUT2D eigenvalue weighted by Gasteiger charge is 2.29. The summed E-state index contributed by atoms with van der Waals surface area (Å²) in [6.45, 7) is 0. The van der Waals surface area contributed by atoms with E-state index in [-0.39, 0.29) is 26.9 Å². The number of primary amides is 1. The SMILES string of the molecule is COC(=O)c1sc2nnc(-c3ccccc3C(N)=O)n2c1C(=O)OC. The van der Waals surface area contributed by atoms with Gasteiger partial charge in [-0.3, -0.25) is 9.20 Å². The number of benzene rings is 1. The van der Waals surface area contributed by atoms with Gasteiger partial charge in [-0.25, -0.2) is 9.59 Å². The molecule has 128 valence electrons. The Bertz CT molecular complexity index is 1010. The molecule has 1 amide bonds. The Labute approximate surface area is 145 Å². The van der Waals surface area contributed by atoms with Gasteiger partial charge in [0.1, 0.15) is 4.88 Å². The van der Waals surface area contributed by atoms with Crippen LogP contribution in [0, 0.1) is 0 Å². The predicted octanol–water partition coefficient (Wildman–Crippen LogP) is 1.13. The summed E-state index contributed by atoms with van der Waals surface area (Å²) >= 11 is 0.928. The van der Waals surface area contributed by atoms with Crippen LogP contribution in [0.5, 0.6) is 0 Å². The van der Waals surface area contributed by atoms with Crippen molar-refractivity contribution in [2.24, 2.45) is 5.73 Å². The lowest BCUT2D eigenvalue weighted by atomic mass is 10.1. The van der Waals surface area contributed by atoms with Crippen molar-refractivity contribution in [3.63, 3.8) is 0 Å². The molecular formula is C15H12N4O5S. The maximum absolute atomic E-state index is 12.2. The monoisotopic (exact) mass is 360 g/mol. The molecule has 9 nitrogen and oxygen atoms in total. The second-order valence-corrected chi connectivity index (χ2v) is 5.79. The molecule has 0 spiro atoms. The fourth-order valence-electron chi connectivity index (χ4n) is 2.36. The summed E-state index contributed by atoms with van der Waals surface area (Å²) in [6.07, 6.45) is 0. The molecule has 3 rings (SSSR count). The van der Waals surface area contributed by atoms with E-state index in [0.717, 1.165) is 11.3 Å². The van der Waals surface area contributed by atoms with Crippen molar-refractivity contribution < 1.29 is 23.9 Å². The molecule has 0 aliphatic carbocycles. The lowest BCUT2D eigenvalue weighted by Gasteiger charge is -2.06. The number of thiazole rings is 1. The molecule has 0 aliphatic heterocycles. The number of methoxy groups -OCH3 is 2. The van der Waals surface area contributed by atoms with Crippen LogP contribution in [0.15, 0.2) is 24.3 Å². The van der Waals surface area contributed by atoms with Crippen LogP contribution in [0.3, 0.4) is 0 Å². The van der Waals surface area contributed by atoms with E-state index in [2.05, 4.69) is 10.2 Å². The molecule has 0 saturated heterocycles. The fraction of sp³-hybridized carbons (Fsp3) is 0.133. The zero-order chi connectivity index (χ0) is 18.1. The van der Waals surface area contributed by atoms with E-state index < -0.39 is 17.8 Å². The zero-order valence-corrected chi connectivity index (χ0v) is 14.0. The van der Waals surface area contributed by atoms with Gasteiger partial charge in [0.2, 0.25) is 10.9 Å². The van der Waals surface area contributed by atoms with Crippen LogP contribution >= 0.6 is 11.3 Å². The Morgan fingerprint density at radius 2 is 1.76 bits per heavy atom. The second kappa shape index (κ2) is 6.32. The van der Waals surface area contributed by atoms with Gasteiger partial charge >= 0.3 is 11.9 Å². The summed E-state index contributed by atoms with van der Waals surface area (Å²) in [6, 6.07) is 6.49. The number of esters is 2. The van der Waals surface area contributed by atoms with E-state index >= 15 is 0 Å². The number of carbonyl (C=O) groups excluding carboxylic acids is 3. The first-order valence-electron chi connectivity index (χ1n) is 6.93. The molecule has 0 atom stereocenters. The van der Waals surface area contributed by atoms with E-state index in [4.69, 9.17) is 15.2 Å². The molecule has 0 unspecified atom stereocenters. The smallest absolute Gasteiger partial charge is 0.356 e. The normalized spacial score (nSPS) is 10.6. The van der Waals surface area contributed by atoms with Gasteiger partial charge in [0.25, 0.3) is 0 Å². The van der Waals surface area contributed by atoms with Crippen molar-refractivity contribution in [3.8, 4) is 11.4 Å². The largest absolute Gasteiger partial charge is 0.465 e. The van der Waals surface area contributed by atoms with Crippen LogP contribution in [0.25, 0.3) is 16.3 Å². The summed E-state index contributed by atoms with van der Waals surface area (Å²) in [7, 11) is 2.39. The van der Waals surface area contributed by atoms with Crippen molar-refractivity contribution in [2.45, 2.75) is 0 Å². The molecule has 2 aromatic heterocycles. The molecule has 0 fully saturated rings. The average molecular weight is 360 g/mol. The van der Waals surface area contributed by atoms with Crippen LogP contribution in [-0.4, -0.2) is 46.7 Å². The number of hydrogen-bond acceptors (Lipinski definition) is 8. The molecule has 25 heavy (non-hydrogen) atoms. The van der Waals surface area contributed by atoms with Gasteiger partial charge in [0.15, 0.2) is 11.5 Å². The van der Waals surface area contributed by atoms with E-state index in [1.165, 1.54) is 24.7 Å². The Kier molecular flexibility index (Phi) is 4.19. The van der Waals surface area contributed by atoms with Crippen molar-refractivity contribution in [1.29, 1.82) is 0 Å². The highest BCUT2D eigenvalue weighted by Crippen LogP contribution is 2.30. The molecule has 1 aromatic carbocycles. The summed E-state index contributed by atoms with van der Waals surface area (Å²) in [5, 5.41) is 8.00. The fourth-order valence-corrected chi connectivity index (χ4v) is 3.33. The topological polar surface area (TPSA) is 126 Å². The minimum absolute atomic E-state index is 0.0251. The zero-order valence-electron chi connectivity index (χ0n) is 13.2. The van der Waals surface area contributed by atoms with Crippen molar-refractivity contribution in [2.75, 3.05) is 14.2 Å². The number of ether oxygens (including phenoxy) is 2. The van der Waals surface area contributed by atoms with Gasteiger partial charge in [-0.15, -0.1) is 10.2 Å². The minimum Gasteiger partial charge on any atom is -0.465 e. The summed E-state index contributed by atoms with van der Waals surface area (Å²) in [5.74, 6) is -1.93. The number of nitrogens with two attached hydrogens (primary N) is 1. The number of amides is 1. The molecule has 2 heterocycles. The van der Waals surface area contributed by atoms with Crippen LogP contribution in [-0.2, 0) is 9.47 Å². The van der Waals surface area contributed by atoms with Gasteiger partial charge in [-0.1, -0.05) is 29.5 Å². The van der Waals surface area contributed by atoms with Gasteiger partial charge < -0.3 is 15.2 Å². The third-order valence-electron chi connectivity index (χ3n) is 3.45. The Morgan fingerprint density at radius 1 is 1.08 bits per heavy atom. The minimum atomic E-state index is -0.760. The standard InChI is InChI=1S/C15H12N4O5S/c1-23-13(21)9-10(14(22)24-2)25-15-18-17-12(19(9)15)8-6-4-3-5-7(8)11(16)20/h3-6H,1-2H3,(H2,16,20). The number of rotatable bonds is 4. The third-order valence-corrected chi connectivity index (χ3v) is 4.46. The van der Waals surface area contributed by atoms with E-state index in [0.29, 0.717) is 5.56 Å². The molecule has 2 N–H and O–H groups in total. The van der Waals surface area contributed by atoms with Gasteiger partial charge in [-0.2, -0.15) is 0 Å². The first-order chi connectivity index (χ1) is 12.0. The molecule has 10 heteroatoms. The van der Waals surface area contributed by atoms with Crippen LogP contribution in [0.1, 0.15) is 30.5 Å². The third kappa shape index (κ3) is 2.62. The number of hydrogen-bond donors (Lipinski definition) is 1. The van der Waals surface area contributed by atoms with Crippen LogP contribution in [0.4, 0.5) is 0 Å². The van der Waals surface area contributed by atoms with Gasteiger partial charge in [0.05, 0.1) is 19.8 Å². The molecule has 0 bridgehead atoms. The van der Waals surface area contributed by atoms with Crippen LogP contribution < -0.4 is 5.73 Å². The van der Waals surface area contributed by atoms with Crippen molar-refractivity contribution in [1.82, 2.24) is 14.6 Å². The lowest BCUT2D eigenvalue weighted by Crippen LogP contribution is -2.15. The molecule has 0 radical (unpaired) electrons. The maximum atomic E-state index is 12.2. The summed E-state index contributed by atoms with van der Waals surface area (Å²) in [5.41, 5.74) is 5.91. The predicted molar refractivity (Wildman–Crippen MR) is 87.5 cm³/mol. The Balaban J connectivity index is 2.36. The molecule has 0 saturated carbocycles. The number of nitrogens with zero attached hydrogens (tertiary/aromatic N) is 3. The van der Waals surface area contributed by atoms with Gasteiger partial charge in [-0.05, 0) is 6.07 Å². The average Bonchev–Trinajstić information content (AvgIpc) is 3.19. The van der Waals surface area contributed by atoms with Crippen molar-refractivity contribution >= 4 is 34.1 Å². The maximum Gasteiger partial charge on any atom is 0.356 e. The number of carbonyl (C=O) groups is 3. The number of fused-ring (bicyclic) bond motifs is 1. The second-order valence-electron chi connectivity index (χ2n) is 4.81. The van der Waals surface area contributed by atoms with E-state index in [1.807, 2.05) is 0 Å². The Hall–Kier alpha value is -3.27. The summed E-state index contributed by atoms with van der Waals surface area (Å²) < 4.78 is 10.8. The highest BCUT2D eigenvalue weighted by molar-refractivity contribution is 7.19. The van der Waals surface area contributed by atoms with Gasteiger partial charge in [0, 0.05) is 5.56 Å². The first-order valence-corrected chi connectivity index (χ1v) is 7.75. The van der Waals surface area contributed by atoms with Crippen LogP contribution in [0.2, 0.25) is 0 Å². The molecule has 3 aromatic rings. The first kappa shape index (κ1) is 16.6. The number of aromatic nitrogens is 3. The molecule has 0 aliphatic rings. The summed E-state index contributed by atoms with van der Waals surface area (Å²) in [4.78, 5) is 36.2. The lowest BCUT2D eigenvalue weighted by molar-refractivity contribution is 0.0553. The quantitative estimate of drug-likeness (QED) is 0.691. The highest BCUT2D eigenvalue weighted by atomic mass is 32.1. The van der Waals surface area contributed by atoms with E-state index in [9.17, 15) is 14.4 Å². The Morgan fingerprint density at radius 3 is 2.40 bits per heavy atom. The van der Waals surface area contributed by atoms with Crippen molar-refractivity contribution in [3.05, 3.63) is 40.4 Å². The molecular weight excluding hydrogens is 348 g/mol.